The van der Waals surface area contributed by atoms with Crippen molar-refractivity contribution >= 4 is 34.7 Å². The summed E-state index contributed by atoms with van der Waals surface area (Å²) < 4.78 is 6.49. The van der Waals surface area contributed by atoms with Crippen molar-refractivity contribution in [2.45, 2.75) is 20.8 Å². The van der Waals surface area contributed by atoms with Crippen LogP contribution in [0.15, 0.2) is 35.4 Å². The topological polar surface area (TPSA) is 70.9 Å². The molecule has 0 saturated carbocycles. The van der Waals surface area contributed by atoms with Gasteiger partial charge in [-0.1, -0.05) is 12.1 Å². The largest absolute Gasteiger partial charge is 0.507 e. The first-order chi connectivity index (χ1) is 11.4. The monoisotopic (exact) mass is 438 g/mol. The summed E-state index contributed by atoms with van der Waals surface area (Å²) in [5, 5.41) is 13.8. The zero-order chi connectivity index (χ0) is 17.7. The maximum absolute atomic E-state index is 11.8. The lowest BCUT2D eigenvalue weighted by atomic mass is 10.1. The first kappa shape index (κ1) is 18.3. The van der Waals surface area contributed by atoms with E-state index in [2.05, 4.69) is 33.1 Å². The van der Waals surface area contributed by atoms with E-state index in [0.29, 0.717) is 11.3 Å². The average Bonchev–Trinajstić information content (AvgIpc) is 2.53. The normalized spacial score (nSPS) is 10.8. The van der Waals surface area contributed by atoms with Gasteiger partial charge in [0.1, 0.15) is 11.5 Å². The van der Waals surface area contributed by atoms with Crippen molar-refractivity contribution in [3.05, 3.63) is 56.2 Å². The van der Waals surface area contributed by atoms with Crippen molar-refractivity contribution in [3.63, 3.8) is 0 Å². The fraction of sp³-hybridized carbons (Fsp3) is 0.222. The predicted octanol–water partition coefficient (Wildman–Crippen LogP) is 3.45. The highest BCUT2D eigenvalue weighted by Crippen LogP contribution is 2.23. The van der Waals surface area contributed by atoms with Crippen LogP contribution < -0.4 is 10.2 Å². The molecule has 2 N–H and O–H groups in total. The smallest absolute Gasteiger partial charge is 0.277 e. The fourth-order valence-corrected chi connectivity index (χ4v) is 2.89. The van der Waals surface area contributed by atoms with Gasteiger partial charge in [0, 0.05) is 9.13 Å². The van der Waals surface area contributed by atoms with Gasteiger partial charge < -0.3 is 9.84 Å². The molecule has 0 unspecified atom stereocenters. The Balaban J connectivity index is 1.93. The van der Waals surface area contributed by atoms with Crippen LogP contribution >= 0.6 is 22.6 Å². The number of nitrogens with zero attached hydrogens (tertiary/aromatic N) is 1. The molecule has 2 rings (SSSR count). The molecule has 0 aliphatic heterocycles. The summed E-state index contributed by atoms with van der Waals surface area (Å²) in [6.07, 6.45) is 1.42. The number of hydrogen-bond donors (Lipinski definition) is 2. The Morgan fingerprint density at radius 1 is 1.29 bits per heavy atom. The lowest BCUT2D eigenvalue weighted by molar-refractivity contribution is -0.123. The zero-order valence-electron chi connectivity index (χ0n) is 13.8. The van der Waals surface area contributed by atoms with E-state index in [1.54, 1.807) is 6.07 Å². The Morgan fingerprint density at radius 2 is 2.04 bits per heavy atom. The molecular weight excluding hydrogens is 419 g/mol. The van der Waals surface area contributed by atoms with E-state index in [4.69, 9.17) is 4.74 Å². The van der Waals surface area contributed by atoms with E-state index < -0.39 is 0 Å². The second kappa shape index (κ2) is 8.14. The molecule has 0 heterocycles. The molecule has 2 aromatic carbocycles. The third-order valence-electron chi connectivity index (χ3n) is 3.60. The Bertz CT molecular complexity index is 788. The Labute approximate surface area is 154 Å². The van der Waals surface area contributed by atoms with E-state index in [1.165, 1.54) is 6.21 Å². The van der Waals surface area contributed by atoms with Crippen molar-refractivity contribution in [3.8, 4) is 11.5 Å². The van der Waals surface area contributed by atoms with E-state index in [9.17, 15) is 9.90 Å². The van der Waals surface area contributed by atoms with Crippen molar-refractivity contribution in [2.24, 2.45) is 5.10 Å². The van der Waals surface area contributed by atoms with E-state index in [1.807, 2.05) is 45.0 Å². The van der Waals surface area contributed by atoms with Gasteiger partial charge in [-0.05, 0) is 78.3 Å². The van der Waals surface area contributed by atoms with Crippen molar-refractivity contribution in [1.82, 2.24) is 5.43 Å². The van der Waals surface area contributed by atoms with Crippen LogP contribution in [0.3, 0.4) is 0 Å². The van der Waals surface area contributed by atoms with Gasteiger partial charge in [-0.25, -0.2) is 5.43 Å². The van der Waals surface area contributed by atoms with Gasteiger partial charge in [0.25, 0.3) is 5.91 Å². The lowest BCUT2D eigenvalue weighted by Gasteiger charge is -2.09. The highest BCUT2D eigenvalue weighted by molar-refractivity contribution is 14.1. The molecule has 0 aliphatic rings. The van der Waals surface area contributed by atoms with Gasteiger partial charge in [-0.3, -0.25) is 4.79 Å². The Kier molecular flexibility index (Phi) is 6.19. The molecule has 0 spiro atoms. The minimum atomic E-state index is -0.367. The summed E-state index contributed by atoms with van der Waals surface area (Å²) >= 11 is 2.16. The third kappa shape index (κ3) is 4.70. The number of carbonyl (C=O) groups excluding carboxylic acids is 1. The van der Waals surface area contributed by atoms with Crippen LogP contribution in [0.1, 0.15) is 22.3 Å². The molecule has 0 atom stereocenters. The van der Waals surface area contributed by atoms with Crippen LogP contribution in [-0.4, -0.2) is 23.8 Å². The summed E-state index contributed by atoms with van der Waals surface area (Å²) in [4.78, 5) is 11.8. The number of rotatable bonds is 5. The average molecular weight is 438 g/mol. The summed E-state index contributed by atoms with van der Waals surface area (Å²) in [7, 11) is 0. The molecule has 0 aliphatic carbocycles. The molecule has 2 aromatic rings. The van der Waals surface area contributed by atoms with Crippen molar-refractivity contribution < 1.29 is 14.6 Å². The van der Waals surface area contributed by atoms with Crippen LogP contribution in [0.4, 0.5) is 0 Å². The highest BCUT2D eigenvalue weighted by Gasteiger charge is 2.06. The van der Waals surface area contributed by atoms with Gasteiger partial charge >= 0.3 is 0 Å². The lowest BCUT2D eigenvalue weighted by Crippen LogP contribution is -2.24. The molecule has 0 aromatic heterocycles. The quantitative estimate of drug-likeness (QED) is 0.427. The minimum absolute atomic E-state index is 0.126. The number of aromatic hydroxyl groups is 1. The SMILES string of the molecule is Cc1cccc(OCC(=O)N/N=C/c2cc(I)cc(C)c2O)c1C. The van der Waals surface area contributed by atoms with E-state index in [0.717, 1.165) is 20.3 Å². The van der Waals surface area contributed by atoms with Crippen LogP contribution in [-0.2, 0) is 4.79 Å². The van der Waals surface area contributed by atoms with Gasteiger partial charge in [0.15, 0.2) is 6.61 Å². The van der Waals surface area contributed by atoms with Crippen LogP contribution in [0.5, 0.6) is 11.5 Å². The van der Waals surface area contributed by atoms with Gasteiger partial charge in [-0.2, -0.15) is 5.10 Å². The van der Waals surface area contributed by atoms with Crippen LogP contribution in [0.2, 0.25) is 0 Å². The number of phenols is 1. The second-order valence-electron chi connectivity index (χ2n) is 5.44. The number of amides is 1. The molecule has 0 bridgehead atoms. The van der Waals surface area contributed by atoms with Gasteiger partial charge in [-0.15, -0.1) is 0 Å². The van der Waals surface area contributed by atoms with Crippen LogP contribution in [0, 0.1) is 24.3 Å². The summed E-state index contributed by atoms with van der Waals surface area (Å²) in [6, 6.07) is 9.35. The first-order valence-electron chi connectivity index (χ1n) is 7.38. The Morgan fingerprint density at radius 3 is 2.79 bits per heavy atom. The molecule has 1 amide bonds. The first-order valence-corrected chi connectivity index (χ1v) is 8.46. The number of nitrogens with one attached hydrogen (secondary N) is 1. The molecule has 5 nitrogen and oxygen atoms in total. The number of hydrazone groups is 1. The molecular formula is C18H19IN2O3. The summed E-state index contributed by atoms with van der Waals surface area (Å²) in [5.41, 5.74) is 5.82. The van der Waals surface area contributed by atoms with E-state index >= 15 is 0 Å². The molecule has 126 valence electrons. The van der Waals surface area contributed by atoms with Gasteiger partial charge in [0.05, 0.1) is 6.21 Å². The maximum atomic E-state index is 11.8. The molecule has 0 saturated heterocycles. The van der Waals surface area contributed by atoms with Crippen molar-refractivity contribution in [2.75, 3.05) is 6.61 Å². The van der Waals surface area contributed by atoms with E-state index in [-0.39, 0.29) is 18.3 Å². The highest BCUT2D eigenvalue weighted by atomic mass is 127. The zero-order valence-corrected chi connectivity index (χ0v) is 15.9. The molecule has 6 heteroatoms. The maximum Gasteiger partial charge on any atom is 0.277 e. The minimum Gasteiger partial charge on any atom is -0.507 e. The summed E-state index contributed by atoms with van der Waals surface area (Å²) in [5.74, 6) is 0.467. The number of aryl methyl sites for hydroxylation is 2. The number of phenolic OH excluding ortho intramolecular Hbond substituents is 1. The second-order valence-corrected chi connectivity index (χ2v) is 6.69. The number of carbonyl (C=O) groups is 1. The van der Waals surface area contributed by atoms with Crippen LogP contribution in [0.25, 0.3) is 0 Å². The number of ether oxygens (including phenoxy) is 1. The summed E-state index contributed by atoms with van der Waals surface area (Å²) in [6.45, 7) is 5.62. The molecule has 24 heavy (non-hydrogen) atoms. The molecule has 0 fully saturated rings. The fourth-order valence-electron chi connectivity index (χ4n) is 2.09. The third-order valence-corrected chi connectivity index (χ3v) is 4.22. The Hall–Kier alpha value is -2.09. The number of benzene rings is 2. The predicted molar refractivity (Wildman–Crippen MR) is 103 cm³/mol. The van der Waals surface area contributed by atoms with Gasteiger partial charge in [0.2, 0.25) is 0 Å². The standard InChI is InChI=1S/C18H19IN2O3/c1-11-5-4-6-16(13(11)3)24-10-17(22)21-20-9-14-8-15(19)7-12(2)18(14)23/h4-9,23H,10H2,1-3H3,(H,21,22)/b20-9+. The molecule has 0 radical (unpaired) electrons. The number of hydrogen-bond acceptors (Lipinski definition) is 4. The van der Waals surface area contributed by atoms with Crippen molar-refractivity contribution in [1.29, 1.82) is 0 Å². The number of halogens is 1.